The molecule has 0 saturated carbocycles. The molecule has 1 amide bonds. The van der Waals surface area contributed by atoms with E-state index in [1.807, 2.05) is 0 Å². The van der Waals surface area contributed by atoms with Gasteiger partial charge in [-0.15, -0.1) is 0 Å². The fraction of sp³-hybridized carbons (Fsp3) is 0.267. The van der Waals surface area contributed by atoms with Gasteiger partial charge in [-0.1, -0.05) is 0 Å². The highest BCUT2D eigenvalue weighted by Crippen LogP contribution is 2.32. The number of benzene rings is 1. The second-order valence-electron chi connectivity index (χ2n) is 5.16. The standard InChI is InChI=1S/C15H13F4NO2S/c1-14(22,10-4-5-23-7-10)8-20-13(21)9-2-3-12(16)11(6-9)15(17,18)19/h2-7,22H,8H2,1H3,(H,20,21). The zero-order chi connectivity index (χ0) is 17.3. The maximum Gasteiger partial charge on any atom is 0.419 e. The molecule has 0 spiro atoms. The Labute approximate surface area is 133 Å². The summed E-state index contributed by atoms with van der Waals surface area (Å²) in [4.78, 5) is 11.9. The van der Waals surface area contributed by atoms with Gasteiger partial charge in [-0.3, -0.25) is 4.79 Å². The molecule has 1 aromatic heterocycles. The van der Waals surface area contributed by atoms with Crippen LogP contribution in [0.25, 0.3) is 0 Å². The average molecular weight is 347 g/mol. The lowest BCUT2D eigenvalue weighted by Gasteiger charge is -2.23. The second-order valence-corrected chi connectivity index (χ2v) is 5.94. The van der Waals surface area contributed by atoms with Gasteiger partial charge in [0.25, 0.3) is 5.91 Å². The number of carbonyl (C=O) groups excluding carboxylic acids is 1. The highest BCUT2D eigenvalue weighted by atomic mass is 32.1. The molecule has 0 fully saturated rings. The van der Waals surface area contributed by atoms with Crippen molar-refractivity contribution in [2.24, 2.45) is 0 Å². The summed E-state index contributed by atoms with van der Waals surface area (Å²) < 4.78 is 51.1. The summed E-state index contributed by atoms with van der Waals surface area (Å²) in [6.45, 7) is 1.28. The monoisotopic (exact) mass is 347 g/mol. The maximum absolute atomic E-state index is 13.2. The van der Waals surface area contributed by atoms with Crippen LogP contribution in [-0.4, -0.2) is 17.6 Å². The van der Waals surface area contributed by atoms with Crippen LogP contribution in [-0.2, 0) is 11.8 Å². The molecular weight excluding hydrogens is 334 g/mol. The molecule has 3 nitrogen and oxygen atoms in total. The van der Waals surface area contributed by atoms with Gasteiger partial charge in [0.2, 0.25) is 0 Å². The Morgan fingerprint density at radius 2 is 2.00 bits per heavy atom. The molecule has 1 aromatic carbocycles. The van der Waals surface area contributed by atoms with Crippen LogP contribution in [0, 0.1) is 5.82 Å². The Bertz CT molecular complexity index is 696. The van der Waals surface area contributed by atoms with Crippen molar-refractivity contribution in [3.8, 4) is 0 Å². The van der Waals surface area contributed by atoms with E-state index in [4.69, 9.17) is 0 Å². The first-order valence-electron chi connectivity index (χ1n) is 6.51. The molecule has 0 saturated heterocycles. The number of rotatable bonds is 4. The number of aliphatic hydroxyl groups is 1. The topological polar surface area (TPSA) is 49.3 Å². The highest BCUT2D eigenvalue weighted by molar-refractivity contribution is 7.08. The molecule has 124 valence electrons. The Hall–Kier alpha value is -1.93. The van der Waals surface area contributed by atoms with Crippen LogP contribution in [0.1, 0.15) is 28.4 Å². The first-order valence-corrected chi connectivity index (χ1v) is 7.45. The van der Waals surface area contributed by atoms with Crippen molar-refractivity contribution in [3.63, 3.8) is 0 Å². The smallest absolute Gasteiger partial charge is 0.384 e. The van der Waals surface area contributed by atoms with Gasteiger partial charge in [0.05, 0.1) is 12.1 Å². The van der Waals surface area contributed by atoms with E-state index in [9.17, 15) is 27.5 Å². The number of amides is 1. The fourth-order valence-electron chi connectivity index (χ4n) is 1.91. The lowest BCUT2D eigenvalue weighted by molar-refractivity contribution is -0.140. The molecule has 8 heteroatoms. The highest BCUT2D eigenvalue weighted by Gasteiger charge is 2.34. The molecule has 0 aliphatic rings. The quantitative estimate of drug-likeness (QED) is 0.831. The van der Waals surface area contributed by atoms with Crippen LogP contribution in [0.2, 0.25) is 0 Å². The third kappa shape index (κ3) is 4.08. The molecule has 1 atom stereocenters. The van der Waals surface area contributed by atoms with Crippen LogP contribution < -0.4 is 5.32 Å². The number of carbonyl (C=O) groups is 1. The van der Waals surface area contributed by atoms with Gasteiger partial charge in [-0.05, 0) is 47.5 Å². The minimum atomic E-state index is -4.89. The maximum atomic E-state index is 13.2. The van der Waals surface area contributed by atoms with E-state index in [2.05, 4.69) is 5.32 Å². The van der Waals surface area contributed by atoms with Crippen LogP contribution in [0.5, 0.6) is 0 Å². The number of alkyl halides is 3. The summed E-state index contributed by atoms with van der Waals surface area (Å²) in [5, 5.41) is 16.1. The van der Waals surface area contributed by atoms with Crippen molar-refractivity contribution in [1.82, 2.24) is 5.32 Å². The van der Waals surface area contributed by atoms with Crippen molar-refractivity contribution < 1.29 is 27.5 Å². The van der Waals surface area contributed by atoms with Gasteiger partial charge in [0.1, 0.15) is 11.4 Å². The fourth-order valence-corrected chi connectivity index (χ4v) is 2.69. The number of thiophene rings is 1. The van der Waals surface area contributed by atoms with Crippen molar-refractivity contribution in [2.75, 3.05) is 6.54 Å². The predicted molar refractivity (Wildman–Crippen MR) is 77.6 cm³/mol. The van der Waals surface area contributed by atoms with E-state index < -0.39 is 29.1 Å². The molecular formula is C15H13F4NO2S. The Morgan fingerprint density at radius 1 is 1.30 bits per heavy atom. The number of hydrogen-bond acceptors (Lipinski definition) is 3. The van der Waals surface area contributed by atoms with Gasteiger partial charge in [0, 0.05) is 5.56 Å². The molecule has 1 unspecified atom stereocenters. The van der Waals surface area contributed by atoms with Gasteiger partial charge in [-0.25, -0.2) is 4.39 Å². The van der Waals surface area contributed by atoms with E-state index in [-0.39, 0.29) is 12.1 Å². The summed E-state index contributed by atoms with van der Waals surface area (Å²) in [6.07, 6.45) is -4.89. The first kappa shape index (κ1) is 17.4. The first-order chi connectivity index (χ1) is 10.6. The van der Waals surface area contributed by atoms with Gasteiger partial charge in [-0.2, -0.15) is 24.5 Å². The van der Waals surface area contributed by atoms with E-state index in [1.165, 1.54) is 18.3 Å². The lowest BCUT2D eigenvalue weighted by Crippen LogP contribution is -2.38. The van der Waals surface area contributed by atoms with Gasteiger partial charge < -0.3 is 10.4 Å². The molecule has 0 aliphatic carbocycles. The summed E-state index contributed by atoms with van der Waals surface area (Å²) in [5.74, 6) is -2.27. The van der Waals surface area contributed by atoms with Crippen LogP contribution in [0.15, 0.2) is 35.0 Å². The van der Waals surface area contributed by atoms with Crippen LogP contribution in [0.4, 0.5) is 17.6 Å². The summed E-state index contributed by atoms with van der Waals surface area (Å²) in [6, 6.07) is 3.68. The average Bonchev–Trinajstić information content (AvgIpc) is 2.99. The molecule has 1 heterocycles. The number of nitrogens with one attached hydrogen (secondary N) is 1. The third-order valence-electron chi connectivity index (χ3n) is 3.27. The minimum Gasteiger partial charge on any atom is -0.384 e. The summed E-state index contributed by atoms with van der Waals surface area (Å²) >= 11 is 1.36. The zero-order valence-electron chi connectivity index (χ0n) is 11.9. The SMILES string of the molecule is CC(O)(CNC(=O)c1ccc(F)c(C(F)(F)F)c1)c1ccsc1. The molecule has 2 N–H and O–H groups in total. The Balaban J connectivity index is 2.13. The normalized spacial score (nSPS) is 14.3. The molecule has 2 rings (SSSR count). The largest absolute Gasteiger partial charge is 0.419 e. The van der Waals surface area contributed by atoms with E-state index in [0.29, 0.717) is 17.7 Å². The molecule has 0 aliphatic heterocycles. The lowest BCUT2D eigenvalue weighted by atomic mass is 9.99. The van der Waals surface area contributed by atoms with Crippen LogP contribution >= 0.6 is 11.3 Å². The van der Waals surface area contributed by atoms with Crippen LogP contribution in [0.3, 0.4) is 0 Å². The van der Waals surface area contributed by atoms with E-state index in [0.717, 1.165) is 6.07 Å². The molecule has 0 radical (unpaired) electrons. The van der Waals surface area contributed by atoms with Crippen molar-refractivity contribution in [1.29, 1.82) is 0 Å². The van der Waals surface area contributed by atoms with E-state index >= 15 is 0 Å². The molecule has 23 heavy (non-hydrogen) atoms. The third-order valence-corrected chi connectivity index (χ3v) is 3.95. The minimum absolute atomic E-state index is 0.193. The molecule has 2 aromatic rings. The van der Waals surface area contributed by atoms with Gasteiger partial charge in [0.15, 0.2) is 0 Å². The Morgan fingerprint density at radius 3 is 2.57 bits per heavy atom. The summed E-state index contributed by atoms with van der Waals surface area (Å²) in [5.41, 5.74) is -2.62. The zero-order valence-corrected chi connectivity index (χ0v) is 12.8. The second kappa shape index (κ2) is 6.29. The van der Waals surface area contributed by atoms with Crippen molar-refractivity contribution in [2.45, 2.75) is 18.7 Å². The molecule has 0 bridgehead atoms. The summed E-state index contributed by atoms with van der Waals surface area (Å²) in [7, 11) is 0. The number of halogens is 4. The number of hydrogen-bond donors (Lipinski definition) is 2. The predicted octanol–water partition coefficient (Wildman–Crippen LogP) is 3.54. The van der Waals surface area contributed by atoms with Gasteiger partial charge >= 0.3 is 6.18 Å². The Kier molecular flexibility index (Phi) is 4.76. The van der Waals surface area contributed by atoms with Crippen molar-refractivity contribution in [3.05, 3.63) is 57.5 Å². The van der Waals surface area contributed by atoms with Crippen molar-refractivity contribution >= 4 is 17.2 Å². The van der Waals surface area contributed by atoms with E-state index in [1.54, 1.807) is 16.8 Å².